The van der Waals surface area contributed by atoms with E-state index in [0.29, 0.717) is 6.61 Å². The van der Waals surface area contributed by atoms with Crippen molar-refractivity contribution in [3.05, 3.63) is 71.8 Å². The Morgan fingerprint density at radius 2 is 1.64 bits per heavy atom. The number of halogens is 1. The number of ether oxygens (including phenoxy) is 5. The molecule has 2 aliphatic heterocycles. The number of carboxylic acids is 1. The van der Waals surface area contributed by atoms with Gasteiger partial charge in [0.1, 0.15) is 18.3 Å². The summed E-state index contributed by atoms with van der Waals surface area (Å²) in [5.41, 5.74) is 1.88. The number of hydrogen-bond donors (Lipinski definition) is 1. The Bertz CT molecular complexity index is 923. The lowest BCUT2D eigenvalue weighted by Gasteiger charge is -2.41. The van der Waals surface area contributed by atoms with Crippen molar-refractivity contribution in [2.24, 2.45) is 0 Å². The maximum atomic E-state index is 15.3. The van der Waals surface area contributed by atoms with E-state index in [-0.39, 0.29) is 13.2 Å². The van der Waals surface area contributed by atoms with Crippen LogP contribution in [0.1, 0.15) is 31.4 Å². The first-order valence-corrected chi connectivity index (χ1v) is 11.0. The molecule has 2 saturated heterocycles. The molecule has 1 unspecified atom stereocenters. The number of alkyl halides is 1. The van der Waals surface area contributed by atoms with E-state index >= 15 is 4.39 Å². The molecule has 1 N–H and O–H groups in total. The maximum absolute atomic E-state index is 15.3. The van der Waals surface area contributed by atoms with Crippen molar-refractivity contribution in [3.8, 4) is 0 Å². The molecule has 0 bridgehead atoms. The molecule has 2 heterocycles. The van der Waals surface area contributed by atoms with Gasteiger partial charge in [0.25, 0.3) is 0 Å². The van der Waals surface area contributed by atoms with Crippen LogP contribution in [-0.4, -0.2) is 53.7 Å². The van der Waals surface area contributed by atoms with Crippen LogP contribution in [0.15, 0.2) is 60.7 Å². The van der Waals surface area contributed by atoms with Crippen LogP contribution in [0.4, 0.5) is 4.39 Å². The molecule has 2 aromatic carbocycles. The SMILES string of the molecule is CC1(C)O[C@H]2[C@@H](C(COCc3ccccc3)OCc3ccccc3)O[C@@](F)(C(=O)O)C[C@H]2O1. The Hall–Kier alpha value is -2.36. The van der Waals surface area contributed by atoms with Crippen molar-refractivity contribution < 1.29 is 38.0 Å². The number of rotatable bonds is 9. The lowest BCUT2D eigenvalue weighted by molar-refractivity contribution is -0.275. The Kier molecular flexibility index (Phi) is 7.11. The predicted octanol–water partition coefficient (Wildman–Crippen LogP) is 3.85. The smallest absolute Gasteiger partial charge is 0.369 e. The molecule has 2 aromatic rings. The summed E-state index contributed by atoms with van der Waals surface area (Å²) in [5, 5.41) is 9.51. The number of fused-ring (bicyclic) bond motifs is 1. The highest BCUT2D eigenvalue weighted by Gasteiger charge is 2.60. The lowest BCUT2D eigenvalue weighted by atomic mass is 9.93. The third kappa shape index (κ3) is 5.77. The molecular weight excluding hydrogens is 431 g/mol. The number of aliphatic carboxylic acids is 1. The summed E-state index contributed by atoms with van der Waals surface area (Å²) in [4.78, 5) is 11.7. The molecule has 8 heteroatoms. The van der Waals surface area contributed by atoms with E-state index < -0.39 is 48.4 Å². The average Bonchev–Trinajstić information content (AvgIpc) is 3.10. The summed E-state index contributed by atoms with van der Waals surface area (Å²) >= 11 is 0. The zero-order valence-corrected chi connectivity index (χ0v) is 18.7. The molecule has 4 rings (SSSR count). The van der Waals surface area contributed by atoms with Crippen LogP contribution in [0.3, 0.4) is 0 Å². The molecule has 33 heavy (non-hydrogen) atoms. The second-order valence-electron chi connectivity index (χ2n) is 8.79. The zero-order valence-electron chi connectivity index (χ0n) is 18.7. The minimum Gasteiger partial charge on any atom is -0.477 e. The largest absolute Gasteiger partial charge is 0.477 e. The summed E-state index contributed by atoms with van der Waals surface area (Å²) < 4.78 is 44.6. The van der Waals surface area contributed by atoms with E-state index in [2.05, 4.69) is 0 Å². The lowest BCUT2D eigenvalue weighted by Crippen LogP contribution is -2.59. The van der Waals surface area contributed by atoms with Gasteiger partial charge in [-0.25, -0.2) is 4.79 Å². The van der Waals surface area contributed by atoms with Crippen LogP contribution in [-0.2, 0) is 41.7 Å². The summed E-state index contributed by atoms with van der Waals surface area (Å²) in [6, 6.07) is 19.1. The van der Waals surface area contributed by atoms with Gasteiger partial charge in [-0.15, -0.1) is 0 Å². The van der Waals surface area contributed by atoms with Gasteiger partial charge in [0, 0.05) is 6.42 Å². The van der Waals surface area contributed by atoms with Crippen LogP contribution in [0.25, 0.3) is 0 Å². The number of carboxylic acid groups (broad SMARTS) is 1. The first-order valence-electron chi connectivity index (χ1n) is 11.0. The predicted molar refractivity (Wildman–Crippen MR) is 116 cm³/mol. The molecular formula is C25H29FO7. The van der Waals surface area contributed by atoms with Crippen molar-refractivity contribution in [2.45, 2.75) is 69.5 Å². The molecule has 2 aliphatic rings. The quantitative estimate of drug-likeness (QED) is 0.609. The minimum atomic E-state index is -2.91. The second kappa shape index (κ2) is 9.87. The fourth-order valence-electron chi connectivity index (χ4n) is 4.20. The summed E-state index contributed by atoms with van der Waals surface area (Å²) in [6.45, 7) is 3.99. The highest BCUT2D eigenvalue weighted by Crippen LogP contribution is 2.43. The average molecular weight is 460 g/mol. The van der Waals surface area contributed by atoms with Crippen molar-refractivity contribution in [2.75, 3.05) is 6.61 Å². The standard InChI is InChI=1S/C25H29FO7/c1-24(2)31-19-13-25(26,23(27)28)33-22(21(19)32-24)20(30-15-18-11-7-4-8-12-18)16-29-14-17-9-5-3-6-10-17/h3-12,19-22H,13-16H2,1-2H3,(H,27,28)/t19-,20?,21-,22-,25-/m1/s1. The van der Waals surface area contributed by atoms with Gasteiger partial charge in [0.15, 0.2) is 5.79 Å². The highest BCUT2D eigenvalue weighted by atomic mass is 19.2. The molecule has 2 fully saturated rings. The molecule has 0 spiro atoms. The Labute approximate surface area is 192 Å². The minimum absolute atomic E-state index is 0.0507. The molecule has 178 valence electrons. The van der Waals surface area contributed by atoms with Crippen molar-refractivity contribution in [1.29, 1.82) is 0 Å². The molecule has 0 radical (unpaired) electrons. The third-order valence-electron chi connectivity index (χ3n) is 5.72. The molecule has 7 nitrogen and oxygen atoms in total. The fourth-order valence-corrected chi connectivity index (χ4v) is 4.20. The van der Waals surface area contributed by atoms with E-state index in [4.69, 9.17) is 23.7 Å². The van der Waals surface area contributed by atoms with E-state index in [1.165, 1.54) is 0 Å². The van der Waals surface area contributed by atoms with Gasteiger partial charge in [-0.3, -0.25) is 0 Å². The van der Waals surface area contributed by atoms with Gasteiger partial charge in [-0.1, -0.05) is 60.7 Å². The van der Waals surface area contributed by atoms with Crippen molar-refractivity contribution in [3.63, 3.8) is 0 Å². The van der Waals surface area contributed by atoms with E-state index in [1.807, 2.05) is 60.7 Å². The molecule has 0 saturated carbocycles. The van der Waals surface area contributed by atoms with Crippen LogP contribution >= 0.6 is 0 Å². The Morgan fingerprint density at radius 1 is 1.03 bits per heavy atom. The first-order chi connectivity index (χ1) is 15.8. The van der Waals surface area contributed by atoms with E-state index in [1.54, 1.807) is 13.8 Å². The zero-order chi connectivity index (χ0) is 23.5. The molecule has 0 amide bonds. The van der Waals surface area contributed by atoms with Gasteiger partial charge < -0.3 is 28.8 Å². The Balaban J connectivity index is 1.54. The number of carbonyl (C=O) groups is 1. The van der Waals surface area contributed by atoms with E-state index in [9.17, 15) is 9.90 Å². The fraction of sp³-hybridized carbons (Fsp3) is 0.480. The number of benzene rings is 2. The second-order valence-corrected chi connectivity index (χ2v) is 8.79. The van der Waals surface area contributed by atoms with Gasteiger partial charge in [-0.2, -0.15) is 4.39 Å². The monoisotopic (exact) mass is 460 g/mol. The Morgan fingerprint density at radius 3 is 2.24 bits per heavy atom. The van der Waals surface area contributed by atoms with Crippen molar-refractivity contribution >= 4 is 5.97 Å². The van der Waals surface area contributed by atoms with Gasteiger partial charge in [-0.05, 0) is 25.0 Å². The van der Waals surface area contributed by atoms with Crippen LogP contribution < -0.4 is 0 Å². The summed E-state index contributed by atoms with van der Waals surface area (Å²) in [7, 11) is 0. The van der Waals surface area contributed by atoms with E-state index in [0.717, 1.165) is 11.1 Å². The third-order valence-corrected chi connectivity index (χ3v) is 5.72. The maximum Gasteiger partial charge on any atom is 0.369 e. The van der Waals surface area contributed by atoms with Gasteiger partial charge in [0.05, 0.1) is 25.9 Å². The normalized spacial score (nSPS) is 29.4. The van der Waals surface area contributed by atoms with Gasteiger partial charge >= 0.3 is 11.8 Å². The molecule has 5 atom stereocenters. The first kappa shape index (κ1) is 23.8. The molecule has 0 aliphatic carbocycles. The summed E-state index contributed by atoms with van der Waals surface area (Å²) in [6.07, 6.45) is -3.82. The summed E-state index contributed by atoms with van der Waals surface area (Å²) in [5.74, 6) is -5.62. The molecule has 0 aromatic heterocycles. The van der Waals surface area contributed by atoms with Crippen LogP contribution in [0.2, 0.25) is 0 Å². The highest BCUT2D eigenvalue weighted by molar-refractivity contribution is 5.75. The number of hydrogen-bond acceptors (Lipinski definition) is 6. The van der Waals surface area contributed by atoms with Crippen LogP contribution in [0.5, 0.6) is 0 Å². The van der Waals surface area contributed by atoms with Gasteiger partial charge in [0.2, 0.25) is 0 Å². The van der Waals surface area contributed by atoms with Crippen LogP contribution in [0, 0.1) is 0 Å². The van der Waals surface area contributed by atoms with Crippen molar-refractivity contribution in [1.82, 2.24) is 0 Å². The topological polar surface area (TPSA) is 83.5 Å².